The second kappa shape index (κ2) is 4.00. The lowest BCUT2D eigenvalue weighted by Gasteiger charge is -1.98. The lowest BCUT2D eigenvalue weighted by atomic mass is 10.2. The van der Waals surface area contributed by atoms with Crippen LogP contribution in [0.15, 0.2) is 33.9 Å². The van der Waals surface area contributed by atoms with Gasteiger partial charge in [0.05, 0.1) is 5.56 Å². The fraction of sp³-hybridized carbons (Fsp3) is 0.214. The fourth-order valence-electron chi connectivity index (χ4n) is 2.33. The van der Waals surface area contributed by atoms with Gasteiger partial charge < -0.3 is 8.98 Å². The zero-order valence-electron chi connectivity index (χ0n) is 10.7. The number of fused-ring (bicyclic) bond motifs is 2. The number of pyridine rings is 1. The summed E-state index contributed by atoms with van der Waals surface area (Å²) < 4.78 is 20.6. The summed E-state index contributed by atoms with van der Waals surface area (Å²) in [6.45, 7) is 0. The van der Waals surface area contributed by atoms with Crippen LogP contribution < -0.4 is 10.9 Å². The molecule has 1 atom stereocenters. The zero-order chi connectivity index (χ0) is 13.7. The van der Waals surface area contributed by atoms with E-state index in [9.17, 15) is 4.39 Å². The van der Waals surface area contributed by atoms with Gasteiger partial charge in [-0.25, -0.2) is 19.4 Å². The summed E-state index contributed by atoms with van der Waals surface area (Å²) in [4.78, 5) is 12.5. The number of oxazole rings is 1. The molecule has 0 fully saturated rings. The smallest absolute Gasteiger partial charge is 0.245 e. The van der Waals surface area contributed by atoms with E-state index in [1.54, 1.807) is 12.3 Å². The minimum Gasteiger partial charge on any atom is -0.418 e. The van der Waals surface area contributed by atoms with Crippen LogP contribution in [-0.4, -0.2) is 20.8 Å². The first kappa shape index (κ1) is 11.3. The third-order valence-electron chi connectivity index (χ3n) is 3.35. The Bertz CT molecular complexity index is 924. The van der Waals surface area contributed by atoms with Gasteiger partial charge in [-0.2, -0.15) is 0 Å². The number of alkyl halides is 1. The van der Waals surface area contributed by atoms with Crippen LogP contribution in [0.4, 0.5) is 4.39 Å². The Balaban J connectivity index is 1.89. The van der Waals surface area contributed by atoms with Crippen LogP contribution in [0.5, 0.6) is 0 Å². The number of hydrogen-bond donors (Lipinski definition) is 0. The molecule has 0 bridgehead atoms. The summed E-state index contributed by atoms with van der Waals surface area (Å²) in [5.41, 5.74) is 1.91. The van der Waals surface area contributed by atoms with Gasteiger partial charge in [-0.05, 0) is 18.2 Å². The molecule has 0 aliphatic carbocycles. The Morgan fingerprint density at radius 2 is 2.35 bits per heavy atom. The number of halogens is 1. The van der Waals surface area contributed by atoms with E-state index >= 15 is 0 Å². The molecule has 3 aromatic heterocycles. The first-order valence-corrected chi connectivity index (χ1v) is 6.31. The molecule has 0 aromatic carbocycles. The first-order valence-electron chi connectivity index (χ1n) is 6.31. The maximum absolute atomic E-state index is 13.2. The molecule has 1 aliphatic heterocycles. The second-order valence-corrected chi connectivity index (χ2v) is 4.78. The second-order valence-electron chi connectivity index (χ2n) is 4.78. The highest BCUT2D eigenvalue weighted by atomic mass is 19.1. The molecule has 1 aliphatic rings. The molecule has 0 radical (unpaired) electrons. The van der Waals surface area contributed by atoms with E-state index in [0.29, 0.717) is 11.2 Å². The van der Waals surface area contributed by atoms with E-state index in [0.717, 1.165) is 16.6 Å². The number of aryl methyl sites for hydroxylation is 1. The third-order valence-corrected chi connectivity index (χ3v) is 3.35. The Morgan fingerprint density at radius 1 is 1.45 bits per heavy atom. The van der Waals surface area contributed by atoms with Crippen molar-refractivity contribution in [1.29, 1.82) is 0 Å². The average Bonchev–Trinajstić information content (AvgIpc) is 3.02. The Hall–Kier alpha value is -2.50. The SMILES string of the molecule is Cn1ccc2cc(-c3nc4c(o3)=NC(F)CC=4)cnc21. The van der Waals surface area contributed by atoms with Crippen molar-refractivity contribution in [3.63, 3.8) is 0 Å². The predicted molar refractivity (Wildman–Crippen MR) is 71.0 cm³/mol. The minimum absolute atomic E-state index is 0.245. The quantitative estimate of drug-likeness (QED) is 0.627. The molecule has 4 rings (SSSR count). The van der Waals surface area contributed by atoms with Crippen molar-refractivity contribution in [2.24, 2.45) is 12.0 Å². The van der Waals surface area contributed by atoms with Crippen LogP contribution in [0.3, 0.4) is 0 Å². The lowest BCUT2D eigenvalue weighted by Crippen LogP contribution is -2.28. The molecule has 20 heavy (non-hydrogen) atoms. The molecule has 5 nitrogen and oxygen atoms in total. The van der Waals surface area contributed by atoms with Crippen LogP contribution in [0.1, 0.15) is 6.42 Å². The van der Waals surface area contributed by atoms with Crippen LogP contribution in [0, 0.1) is 0 Å². The number of nitrogens with zero attached hydrogens (tertiary/aromatic N) is 4. The van der Waals surface area contributed by atoms with Crippen molar-refractivity contribution in [3.8, 4) is 11.5 Å². The summed E-state index contributed by atoms with van der Waals surface area (Å²) in [5, 5.41) is 1.60. The van der Waals surface area contributed by atoms with Gasteiger partial charge in [0.1, 0.15) is 11.0 Å². The van der Waals surface area contributed by atoms with Crippen LogP contribution in [0.25, 0.3) is 28.6 Å². The van der Waals surface area contributed by atoms with Gasteiger partial charge in [0.25, 0.3) is 0 Å². The van der Waals surface area contributed by atoms with E-state index in [1.807, 2.05) is 29.9 Å². The lowest BCUT2D eigenvalue weighted by molar-refractivity contribution is 0.329. The monoisotopic (exact) mass is 270 g/mol. The van der Waals surface area contributed by atoms with Crippen LogP contribution in [0.2, 0.25) is 0 Å². The molecule has 4 heterocycles. The van der Waals surface area contributed by atoms with E-state index in [-0.39, 0.29) is 12.0 Å². The largest absolute Gasteiger partial charge is 0.418 e. The van der Waals surface area contributed by atoms with Crippen molar-refractivity contribution >= 4 is 17.1 Å². The van der Waals surface area contributed by atoms with Crippen molar-refractivity contribution in [3.05, 3.63) is 35.4 Å². The summed E-state index contributed by atoms with van der Waals surface area (Å²) in [7, 11) is 1.94. The normalized spacial score (nSPS) is 17.6. The third kappa shape index (κ3) is 1.65. The summed E-state index contributed by atoms with van der Waals surface area (Å²) >= 11 is 0. The molecule has 0 spiro atoms. The van der Waals surface area contributed by atoms with Crippen molar-refractivity contribution in [2.75, 3.05) is 0 Å². The summed E-state index contributed by atoms with van der Waals surface area (Å²) in [6, 6.07) is 3.93. The molecule has 0 saturated carbocycles. The Morgan fingerprint density at radius 3 is 3.25 bits per heavy atom. The maximum atomic E-state index is 13.2. The molecular weight excluding hydrogens is 259 g/mol. The molecule has 0 amide bonds. The maximum Gasteiger partial charge on any atom is 0.245 e. The first-order chi connectivity index (χ1) is 9.70. The van der Waals surface area contributed by atoms with Gasteiger partial charge >= 0.3 is 0 Å². The van der Waals surface area contributed by atoms with Gasteiger partial charge in [-0.15, -0.1) is 0 Å². The predicted octanol–water partition coefficient (Wildman–Crippen LogP) is 1.33. The highest BCUT2D eigenvalue weighted by Crippen LogP contribution is 2.20. The Labute approximate surface area is 113 Å². The molecule has 100 valence electrons. The van der Waals surface area contributed by atoms with Crippen molar-refractivity contribution in [2.45, 2.75) is 12.7 Å². The van der Waals surface area contributed by atoms with Gasteiger partial charge in [-0.3, -0.25) is 0 Å². The molecule has 1 unspecified atom stereocenters. The van der Waals surface area contributed by atoms with Crippen molar-refractivity contribution < 1.29 is 8.81 Å². The standard InChI is InChI=1S/C14H11FN4O/c1-19-5-4-8-6-9(7-16-12(8)19)13-17-10-2-3-11(15)18-14(10)20-13/h2,4-7,11H,3H2,1H3. The highest BCUT2D eigenvalue weighted by Gasteiger charge is 2.13. The molecular formula is C14H11FN4O. The number of rotatable bonds is 1. The van der Waals surface area contributed by atoms with E-state index in [1.165, 1.54) is 0 Å². The fourth-order valence-corrected chi connectivity index (χ4v) is 2.33. The number of aromatic nitrogens is 3. The topological polar surface area (TPSA) is 56.2 Å². The average molecular weight is 270 g/mol. The Kier molecular flexibility index (Phi) is 2.26. The molecule has 0 saturated heterocycles. The van der Waals surface area contributed by atoms with Crippen molar-refractivity contribution in [1.82, 2.24) is 14.5 Å². The molecule has 3 aromatic rings. The minimum atomic E-state index is -1.24. The van der Waals surface area contributed by atoms with E-state index in [2.05, 4.69) is 15.0 Å². The van der Waals surface area contributed by atoms with E-state index in [4.69, 9.17) is 4.42 Å². The molecule has 6 heteroatoms. The van der Waals surface area contributed by atoms with Gasteiger partial charge in [0.15, 0.2) is 6.30 Å². The number of hydrogen-bond acceptors (Lipinski definition) is 4. The van der Waals surface area contributed by atoms with Crippen LogP contribution >= 0.6 is 0 Å². The molecule has 0 N–H and O–H groups in total. The van der Waals surface area contributed by atoms with Gasteiger partial charge in [0.2, 0.25) is 11.4 Å². The summed E-state index contributed by atoms with van der Waals surface area (Å²) in [6.07, 6.45) is 4.35. The van der Waals surface area contributed by atoms with Crippen LogP contribution in [-0.2, 0) is 7.05 Å². The van der Waals surface area contributed by atoms with Gasteiger partial charge in [-0.1, -0.05) is 0 Å². The highest BCUT2D eigenvalue weighted by molar-refractivity contribution is 5.80. The zero-order valence-corrected chi connectivity index (χ0v) is 10.7. The van der Waals surface area contributed by atoms with Gasteiger partial charge in [0, 0.05) is 31.2 Å². The van der Waals surface area contributed by atoms with E-state index < -0.39 is 6.30 Å². The summed E-state index contributed by atoms with van der Waals surface area (Å²) in [5.74, 6) is 0.419.